The summed E-state index contributed by atoms with van der Waals surface area (Å²) in [6, 6.07) is 12.5. The summed E-state index contributed by atoms with van der Waals surface area (Å²) in [6.45, 7) is 4.33. The van der Waals surface area contributed by atoms with Gasteiger partial charge in [0.05, 0.1) is 13.2 Å². The summed E-state index contributed by atoms with van der Waals surface area (Å²) in [5, 5.41) is 17.1. The van der Waals surface area contributed by atoms with Crippen LogP contribution in [0.4, 0.5) is 11.4 Å². The van der Waals surface area contributed by atoms with E-state index in [2.05, 4.69) is 16.0 Å². The number of aliphatic hydroxyl groups is 1. The number of rotatable bonds is 7. The lowest BCUT2D eigenvalue weighted by molar-refractivity contribution is -0.114. The van der Waals surface area contributed by atoms with Gasteiger partial charge in [-0.25, -0.2) is 0 Å². The topological polar surface area (TPSA) is 90.5 Å². The minimum absolute atomic E-state index is 0.104. The van der Waals surface area contributed by atoms with Gasteiger partial charge in [0.1, 0.15) is 0 Å². The van der Waals surface area contributed by atoms with E-state index >= 15 is 0 Å². The zero-order valence-electron chi connectivity index (χ0n) is 14.4. The maximum Gasteiger partial charge on any atom is 0.251 e. The number of carbonyl (C=O) groups excluding carboxylic acids is 2. The number of carbonyl (C=O) groups is 2. The lowest BCUT2D eigenvalue weighted by Gasteiger charge is -2.10. The van der Waals surface area contributed by atoms with E-state index in [0.29, 0.717) is 11.3 Å². The lowest BCUT2D eigenvalue weighted by atomic mass is 10.1. The number of aliphatic hydroxyl groups excluding tert-OH is 1. The first kappa shape index (κ1) is 18.5. The molecule has 0 bridgehead atoms. The van der Waals surface area contributed by atoms with Crippen LogP contribution in [-0.4, -0.2) is 36.6 Å². The second-order valence-corrected chi connectivity index (χ2v) is 5.76. The summed E-state index contributed by atoms with van der Waals surface area (Å²) < 4.78 is 0. The number of nitrogens with one attached hydrogen (secondary N) is 3. The van der Waals surface area contributed by atoms with Gasteiger partial charge >= 0.3 is 0 Å². The summed E-state index contributed by atoms with van der Waals surface area (Å²) in [7, 11) is 0. The molecule has 6 nitrogen and oxygen atoms in total. The SMILES string of the molecule is Cc1ccc(NCC(=O)Nc2ccc(C(=O)NCCO)cc2)cc1C. The van der Waals surface area contributed by atoms with Crippen molar-refractivity contribution >= 4 is 23.2 Å². The monoisotopic (exact) mass is 341 g/mol. The molecule has 4 N–H and O–H groups in total. The molecule has 0 heterocycles. The zero-order valence-corrected chi connectivity index (χ0v) is 14.4. The van der Waals surface area contributed by atoms with Gasteiger partial charge in [-0.3, -0.25) is 9.59 Å². The van der Waals surface area contributed by atoms with Crippen LogP contribution in [0.1, 0.15) is 21.5 Å². The summed E-state index contributed by atoms with van der Waals surface area (Å²) in [5.74, 6) is -0.431. The number of hydrogen-bond donors (Lipinski definition) is 4. The molecule has 0 aliphatic heterocycles. The molecule has 2 aromatic rings. The quantitative estimate of drug-likeness (QED) is 0.621. The van der Waals surface area contributed by atoms with Gasteiger partial charge in [-0.2, -0.15) is 0 Å². The number of aryl methyl sites for hydroxylation is 2. The molecule has 132 valence electrons. The van der Waals surface area contributed by atoms with E-state index in [1.165, 1.54) is 11.1 Å². The Kier molecular flexibility index (Phi) is 6.54. The van der Waals surface area contributed by atoms with Crippen molar-refractivity contribution in [2.75, 3.05) is 30.3 Å². The average Bonchev–Trinajstić information content (AvgIpc) is 2.61. The van der Waals surface area contributed by atoms with Crippen LogP contribution in [-0.2, 0) is 4.79 Å². The fraction of sp³-hybridized carbons (Fsp3) is 0.263. The van der Waals surface area contributed by atoms with Crippen LogP contribution in [0.15, 0.2) is 42.5 Å². The van der Waals surface area contributed by atoms with Crippen molar-refractivity contribution in [2.24, 2.45) is 0 Å². The van der Waals surface area contributed by atoms with E-state index in [9.17, 15) is 9.59 Å². The first-order valence-electron chi connectivity index (χ1n) is 8.09. The molecule has 0 radical (unpaired) electrons. The van der Waals surface area contributed by atoms with Crippen molar-refractivity contribution in [3.63, 3.8) is 0 Å². The molecule has 2 amide bonds. The Balaban J connectivity index is 1.85. The van der Waals surface area contributed by atoms with Crippen molar-refractivity contribution in [3.05, 3.63) is 59.2 Å². The highest BCUT2D eigenvalue weighted by Gasteiger charge is 2.06. The summed E-state index contributed by atoms with van der Waals surface area (Å²) in [5.41, 5.74) is 4.36. The van der Waals surface area contributed by atoms with E-state index in [1.807, 2.05) is 32.0 Å². The van der Waals surface area contributed by atoms with Gasteiger partial charge in [0, 0.05) is 23.5 Å². The highest BCUT2D eigenvalue weighted by molar-refractivity contribution is 5.96. The largest absolute Gasteiger partial charge is 0.395 e. The third-order valence-electron chi connectivity index (χ3n) is 3.79. The standard InChI is InChI=1S/C19H23N3O3/c1-13-3-6-17(11-14(13)2)21-12-18(24)22-16-7-4-15(5-8-16)19(25)20-9-10-23/h3-8,11,21,23H,9-10,12H2,1-2H3,(H,20,25)(H,22,24). The van der Waals surface area contributed by atoms with Gasteiger partial charge in [0.25, 0.3) is 5.91 Å². The first-order valence-corrected chi connectivity index (χ1v) is 8.09. The van der Waals surface area contributed by atoms with E-state index in [1.54, 1.807) is 24.3 Å². The van der Waals surface area contributed by atoms with Gasteiger partial charge in [-0.05, 0) is 61.4 Å². The van der Waals surface area contributed by atoms with Crippen molar-refractivity contribution in [2.45, 2.75) is 13.8 Å². The van der Waals surface area contributed by atoms with Gasteiger partial charge in [-0.1, -0.05) is 6.07 Å². The van der Waals surface area contributed by atoms with Crippen LogP contribution in [0.3, 0.4) is 0 Å². The Morgan fingerprint density at radius 1 is 0.960 bits per heavy atom. The molecule has 2 rings (SSSR count). The predicted molar refractivity (Wildman–Crippen MR) is 98.9 cm³/mol. The summed E-state index contributed by atoms with van der Waals surface area (Å²) in [4.78, 5) is 23.7. The van der Waals surface area contributed by atoms with Crippen LogP contribution in [0.2, 0.25) is 0 Å². The van der Waals surface area contributed by atoms with Gasteiger partial charge in [-0.15, -0.1) is 0 Å². The molecule has 0 aliphatic carbocycles. The highest BCUT2D eigenvalue weighted by atomic mass is 16.3. The smallest absolute Gasteiger partial charge is 0.251 e. The molecule has 0 aromatic heterocycles. The summed E-state index contributed by atoms with van der Waals surface area (Å²) in [6.07, 6.45) is 0. The molecule has 0 aliphatic rings. The Morgan fingerprint density at radius 2 is 1.64 bits per heavy atom. The zero-order chi connectivity index (χ0) is 18.2. The molecule has 0 saturated carbocycles. The van der Waals surface area contributed by atoms with Crippen LogP contribution < -0.4 is 16.0 Å². The number of benzene rings is 2. The first-order chi connectivity index (χ1) is 12.0. The lowest BCUT2D eigenvalue weighted by Crippen LogP contribution is -2.26. The van der Waals surface area contributed by atoms with E-state index in [4.69, 9.17) is 5.11 Å². The molecule has 6 heteroatoms. The molecule has 0 unspecified atom stereocenters. The summed E-state index contributed by atoms with van der Waals surface area (Å²) >= 11 is 0. The number of amides is 2. The van der Waals surface area contributed by atoms with Crippen molar-refractivity contribution in [1.29, 1.82) is 0 Å². The van der Waals surface area contributed by atoms with Crippen LogP contribution >= 0.6 is 0 Å². The second kappa shape index (κ2) is 8.84. The molecular weight excluding hydrogens is 318 g/mol. The fourth-order valence-electron chi connectivity index (χ4n) is 2.22. The third-order valence-corrected chi connectivity index (χ3v) is 3.79. The molecule has 0 fully saturated rings. The Labute approximate surface area is 147 Å². The van der Waals surface area contributed by atoms with Crippen LogP contribution in [0, 0.1) is 13.8 Å². The van der Waals surface area contributed by atoms with Crippen molar-refractivity contribution in [1.82, 2.24) is 5.32 Å². The molecule has 0 atom stereocenters. The molecule has 0 spiro atoms. The predicted octanol–water partition coefficient (Wildman–Crippen LogP) is 2.08. The maximum atomic E-state index is 12.0. The van der Waals surface area contributed by atoms with Crippen LogP contribution in [0.5, 0.6) is 0 Å². The average molecular weight is 341 g/mol. The minimum atomic E-state index is -0.261. The Morgan fingerprint density at radius 3 is 2.28 bits per heavy atom. The van der Waals surface area contributed by atoms with E-state index in [-0.39, 0.29) is 31.5 Å². The molecular formula is C19H23N3O3. The van der Waals surface area contributed by atoms with Gasteiger partial charge in [0.2, 0.25) is 5.91 Å². The van der Waals surface area contributed by atoms with E-state index in [0.717, 1.165) is 5.69 Å². The molecule has 25 heavy (non-hydrogen) atoms. The highest BCUT2D eigenvalue weighted by Crippen LogP contribution is 2.14. The van der Waals surface area contributed by atoms with Crippen LogP contribution in [0.25, 0.3) is 0 Å². The minimum Gasteiger partial charge on any atom is -0.395 e. The third kappa shape index (κ3) is 5.61. The van der Waals surface area contributed by atoms with Crippen molar-refractivity contribution in [3.8, 4) is 0 Å². The fourth-order valence-corrected chi connectivity index (χ4v) is 2.22. The molecule has 2 aromatic carbocycles. The normalized spacial score (nSPS) is 10.2. The number of anilines is 2. The second-order valence-electron chi connectivity index (χ2n) is 5.76. The van der Waals surface area contributed by atoms with E-state index < -0.39 is 0 Å². The Bertz CT molecular complexity index is 742. The Hall–Kier alpha value is -2.86. The van der Waals surface area contributed by atoms with Crippen molar-refractivity contribution < 1.29 is 14.7 Å². The van der Waals surface area contributed by atoms with Gasteiger partial charge < -0.3 is 21.1 Å². The van der Waals surface area contributed by atoms with Gasteiger partial charge in [0.15, 0.2) is 0 Å². The number of hydrogen-bond acceptors (Lipinski definition) is 4. The molecule has 0 saturated heterocycles. The maximum absolute atomic E-state index is 12.0.